The fourth-order valence-electron chi connectivity index (χ4n) is 2.89. The van der Waals surface area contributed by atoms with E-state index in [2.05, 4.69) is 5.32 Å². The van der Waals surface area contributed by atoms with E-state index in [9.17, 15) is 9.59 Å². The predicted molar refractivity (Wildman–Crippen MR) is 95.0 cm³/mol. The molecule has 0 atom stereocenters. The van der Waals surface area contributed by atoms with E-state index in [1.807, 2.05) is 42.5 Å². The van der Waals surface area contributed by atoms with Gasteiger partial charge in [-0.1, -0.05) is 48.0 Å². The summed E-state index contributed by atoms with van der Waals surface area (Å²) in [6.45, 7) is 0.377. The Kier molecular flexibility index (Phi) is 5.16. The molecule has 0 saturated heterocycles. The number of nitrogens with one attached hydrogen (secondary N) is 1. The van der Waals surface area contributed by atoms with Gasteiger partial charge in [0.25, 0.3) is 0 Å². The zero-order valence-electron chi connectivity index (χ0n) is 13.3. The molecule has 1 heterocycles. The Hall–Kier alpha value is -2.33. The van der Waals surface area contributed by atoms with Crippen molar-refractivity contribution in [2.24, 2.45) is 0 Å². The van der Waals surface area contributed by atoms with E-state index in [1.165, 1.54) is 0 Å². The lowest BCUT2D eigenvalue weighted by Gasteiger charge is -2.22. The average Bonchev–Trinajstić information content (AvgIpc) is 2.74. The maximum Gasteiger partial charge on any atom is 0.240 e. The third-order valence-corrected chi connectivity index (χ3v) is 4.52. The van der Waals surface area contributed by atoms with E-state index in [1.54, 1.807) is 11.0 Å². The number of aryl methyl sites for hydroxylation is 1. The van der Waals surface area contributed by atoms with Crippen molar-refractivity contribution in [3.8, 4) is 0 Å². The second kappa shape index (κ2) is 7.49. The standard InChI is InChI=1S/C19H19ClN2O2/c20-16-9-3-1-7-15(16)12-21-18(23)13-22-17-10-4-2-6-14(17)8-5-11-19(22)24/h1-4,6-7,9-10H,5,8,11-13H2,(H,21,23). The molecule has 1 aliphatic rings. The van der Waals surface area contributed by atoms with E-state index >= 15 is 0 Å². The molecular formula is C19H19ClN2O2. The summed E-state index contributed by atoms with van der Waals surface area (Å²) in [5.74, 6) is -0.201. The molecule has 0 spiro atoms. The number of carbonyl (C=O) groups is 2. The van der Waals surface area contributed by atoms with E-state index < -0.39 is 0 Å². The SMILES string of the molecule is O=C(CN1C(=O)CCCc2ccccc21)NCc1ccccc1Cl. The number of para-hydroxylation sites is 1. The molecular weight excluding hydrogens is 324 g/mol. The van der Waals surface area contributed by atoms with Gasteiger partial charge in [0.1, 0.15) is 6.54 Å². The Labute approximate surface area is 146 Å². The van der Waals surface area contributed by atoms with Crippen molar-refractivity contribution in [3.63, 3.8) is 0 Å². The molecule has 5 heteroatoms. The summed E-state index contributed by atoms with van der Waals surface area (Å²) in [5, 5.41) is 3.46. The summed E-state index contributed by atoms with van der Waals surface area (Å²) >= 11 is 6.10. The van der Waals surface area contributed by atoms with Crippen molar-refractivity contribution < 1.29 is 9.59 Å². The van der Waals surface area contributed by atoms with Crippen LogP contribution in [-0.2, 0) is 22.6 Å². The molecule has 0 saturated carbocycles. The number of hydrogen-bond donors (Lipinski definition) is 1. The molecule has 4 nitrogen and oxygen atoms in total. The number of carbonyl (C=O) groups excluding carboxylic acids is 2. The summed E-state index contributed by atoms with van der Waals surface area (Å²) in [6.07, 6.45) is 2.14. The quantitative estimate of drug-likeness (QED) is 0.926. The Bertz CT molecular complexity index is 761. The number of nitrogens with zero attached hydrogens (tertiary/aromatic N) is 1. The zero-order valence-corrected chi connectivity index (χ0v) is 14.1. The molecule has 0 bridgehead atoms. The van der Waals surface area contributed by atoms with Gasteiger partial charge in [-0.25, -0.2) is 0 Å². The van der Waals surface area contributed by atoms with E-state index in [4.69, 9.17) is 11.6 Å². The van der Waals surface area contributed by atoms with Gasteiger partial charge in [-0.15, -0.1) is 0 Å². The van der Waals surface area contributed by atoms with Gasteiger partial charge in [0.2, 0.25) is 11.8 Å². The van der Waals surface area contributed by atoms with Gasteiger partial charge >= 0.3 is 0 Å². The Morgan fingerprint density at radius 2 is 1.83 bits per heavy atom. The molecule has 0 aromatic heterocycles. The zero-order chi connectivity index (χ0) is 16.9. The molecule has 0 unspecified atom stereocenters. The topological polar surface area (TPSA) is 49.4 Å². The molecule has 1 N–H and O–H groups in total. The molecule has 0 radical (unpaired) electrons. The Morgan fingerprint density at radius 1 is 1.08 bits per heavy atom. The van der Waals surface area contributed by atoms with Crippen LogP contribution in [0.5, 0.6) is 0 Å². The van der Waals surface area contributed by atoms with Crippen molar-refractivity contribution in [2.75, 3.05) is 11.4 Å². The van der Waals surface area contributed by atoms with Crippen LogP contribution in [0.3, 0.4) is 0 Å². The van der Waals surface area contributed by atoms with Crippen LogP contribution in [0.25, 0.3) is 0 Å². The van der Waals surface area contributed by atoms with Crippen molar-refractivity contribution in [1.29, 1.82) is 0 Å². The molecule has 24 heavy (non-hydrogen) atoms. The number of anilines is 1. The van der Waals surface area contributed by atoms with Crippen molar-refractivity contribution in [2.45, 2.75) is 25.8 Å². The van der Waals surface area contributed by atoms with Crippen LogP contribution >= 0.6 is 11.6 Å². The molecule has 124 valence electrons. The number of hydrogen-bond acceptors (Lipinski definition) is 2. The number of benzene rings is 2. The number of amides is 2. The largest absolute Gasteiger partial charge is 0.350 e. The molecule has 2 aromatic carbocycles. The van der Waals surface area contributed by atoms with Crippen molar-refractivity contribution >= 4 is 29.1 Å². The van der Waals surface area contributed by atoms with Crippen LogP contribution in [0.1, 0.15) is 24.0 Å². The van der Waals surface area contributed by atoms with Crippen LogP contribution < -0.4 is 10.2 Å². The number of rotatable bonds is 4. The summed E-state index contributed by atoms with van der Waals surface area (Å²) in [7, 11) is 0. The summed E-state index contributed by atoms with van der Waals surface area (Å²) < 4.78 is 0. The van der Waals surface area contributed by atoms with Crippen molar-refractivity contribution in [3.05, 3.63) is 64.7 Å². The van der Waals surface area contributed by atoms with Crippen LogP contribution in [0.15, 0.2) is 48.5 Å². The van der Waals surface area contributed by atoms with Crippen LogP contribution in [0, 0.1) is 0 Å². The summed E-state index contributed by atoms with van der Waals surface area (Å²) in [4.78, 5) is 26.3. The van der Waals surface area contributed by atoms with Gasteiger partial charge in [-0.2, -0.15) is 0 Å². The van der Waals surface area contributed by atoms with Crippen LogP contribution in [-0.4, -0.2) is 18.4 Å². The minimum absolute atomic E-state index is 0.00663. The highest BCUT2D eigenvalue weighted by Crippen LogP contribution is 2.26. The first-order valence-corrected chi connectivity index (χ1v) is 8.41. The minimum atomic E-state index is -0.194. The molecule has 0 aliphatic carbocycles. The van der Waals surface area contributed by atoms with Gasteiger partial charge in [0.15, 0.2) is 0 Å². The average molecular weight is 343 g/mol. The third-order valence-electron chi connectivity index (χ3n) is 4.16. The highest BCUT2D eigenvalue weighted by Gasteiger charge is 2.23. The lowest BCUT2D eigenvalue weighted by atomic mass is 10.1. The van der Waals surface area contributed by atoms with E-state index in [0.29, 0.717) is 18.0 Å². The summed E-state index contributed by atoms with van der Waals surface area (Å²) in [5.41, 5.74) is 2.81. The molecule has 2 amide bonds. The van der Waals surface area contributed by atoms with E-state index in [0.717, 1.165) is 29.7 Å². The summed E-state index contributed by atoms with van der Waals surface area (Å²) in [6, 6.07) is 15.2. The molecule has 1 aliphatic heterocycles. The number of fused-ring (bicyclic) bond motifs is 1. The second-order valence-corrected chi connectivity index (χ2v) is 6.24. The highest BCUT2D eigenvalue weighted by atomic mass is 35.5. The van der Waals surface area contributed by atoms with Crippen LogP contribution in [0.4, 0.5) is 5.69 Å². The van der Waals surface area contributed by atoms with Gasteiger partial charge in [-0.3, -0.25) is 9.59 Å². The Morgan fingerprint density at radius 3 is 2.67 bits per heavy atom. The molecule has 0 fully saturated rings. The second-order valence-electron chi connectivity index (χ2n) is 5.83. The van der Waals surface area contributed by atoms with Gasteiger partial charge in [-0.05, 0) is 36.1 Å². The maximum atomic E-state index is 12.4. The minimum Gasteiger partial charge on any atom is -0.350 e. The van der Waals surface area contributed by atoms with Gasteiger partial charge in [0, 0.05) is 23.7 Å². The normalized spacial score (nSPS) is 14.0. The lowest BCUT2D eigenvalue weighted by molar-refractivity contribution is -0.123. The smallest absolute Gasteiger partial charge is 0.240 e. The predicted octanol–water partition coefficient (Wildman–Crippen LogP) is 3.33. The first-order valence-electron chi connectivity index (χ1n) is 8.03. The highest BCUT2D eigenvalue weighted by molar-refractivity contribution is 6.31. The van der Waals surface area contributed by atoms with Gasteiger partial charge in [0.05, 0.1) is 0 Å². The Balaban J connectivity index is 1.69. The number of halogens is 1. The monoisotopic (exact) mass is 342 g/mol. The van der Waals surface area contributed by atoms with Crippen LogP contribution in [0.2, 0.25) is 5.02 Å². The first kappa shape index (κ1) is 16.5. The molecule has 3 rings (SSSR count). The molecule has 2 aromatic rings. The lowest BCUT2D eigenvalue weighted by Crippen LogP contribution is -2.40. The first-order chi connectivity index (χ1) is 11.6. The van der Waals surface area contributed by atoms with E-state index in [-0.39, 0.29) is 18.4 Å². The fourth-order valence-corrected chi connectivity index (χ4v) is 3.10. The maximum absolute atomic E-state index is 12.4. The third kappa shape index (κ3) is 3.77. The fraction of sp³-hybridized carbons (Fsp3) is 0.263. The van der Waals surface area contributed by atoms with Gasteiger partial charge < -0.3 is 10.2 Å². The van der Waals surface area contributed by atoms with Crippen molar-refractivity contribution in [1.82, 2.24) is 5.32 Å².